The Labute approximate surface area is 129 Å². The fourth-order valence-corrected chi connectivity index (χ4v) is 2.41. The highest BCUT2D eigenvalue weighted by atomic mass is 35.5. The van der Waals surface area contributed by atoms with Gasteiger partial charge in [0.15, 0.2) is 0 Å². The van der Waals surface area contributed by atoms with Crippen molar-refractivity contribution in [1.29, 1.82) is 0 Å². The van der Waals surface area contributed by atoms with Crippen LogP contribution in [-0.4, -0.2) is 35.9 Å². The molecule has 1 aromatic carbocycles. The number of carbonyl (C=O) groups is 1. The van der Waals surface area contributed by atoms with Gasteiger partial charge in [-0.3, -0.25) is 4.79 Å². The van der Waals surface area contributed by atoms with E-state index in [0.29, 0.717) is 11.6 Å². The molecular formula is C15H19ClF2N2O. The van der Waals surface area contributed by atoms with Crippen LogP contribution in [0.5, 0.6) is 0 Å². The van der Waals surface area contributed by atoms with Gasteiger partial charge in [-0.25, -0.2) is 8.78 Å². The van der Waals surface area contributed by atoms with Crippen LogP contribution < -0.4 is 5.32 Å². The Morgan fingerprint density at radius 3 is 2.48 bits per heavy atom. The highest BCUT2D eigenvalue weighted by Crippen LogP contribution is 2.27. The van der Waals surface area contributed by atoms with Crippen molar-refractivity contribution in [2.45, 2.75) is 37.8 Å². The van der Waals surface area contributed by atoms with E-state index in [-0.39, 0.29) is 31.3 Å². The zero-order chi connectivity index (χ0) is 14.2. The molecule has 21 heavy (non-hydrogen) atoms. The molecule has 2 fully saturated rings. The normalized spacial score (nSPS) is 20.2. The predicted octanol–water partition coefficient (Wildman–Crippen LogP) is 2.84. The molecule has 1 amide bonds. The number of nitrogens with zero attached hydrogens (tertiary/aromatic N) is 1. The van der Waals surface area contributed by atoms with E-state index in [1.54, 1.807) is 12.1 Å². The Hall–Kier alpha value is -1.20. The Bertz CT molecular complexity index is 503. The van der Waals surface area contributed by atoms with Crippen LogP contribution in [0.4, 0.5) is 8.78 Å². The third-order valence-corrected chi connectivity index (χ3v) is 3.83. The molecule has 1 aliphatic carbocycles. The van der Waals surface area contributed by atoms with Crippen LogP contribution in [0.2, 0.25) is 0 Å². The molecular weight excluding hydrogens is 298 g/mol. The molecule has 1 aliphatic heterocycles. The summed E-state index contributed by atoms with van der Waals surface area (Å²) >= 11 is 0. The maximum Gasteiger partial charge on any atom is 0.267 e. The van der Waals surface area contributed by atoms with Gasteiger partial charge < -0.3 is 10.2 Å². The maximum atomic E-state index is 13.1. The summed E-state index contributed by atoms with van der Waals surface area (Å²) in [4.78, 5) is 13.3. The molecule has 1 saturated carbocycles. The average molecular weight is 317 g/mol. The summed E-state index contributed by atoms with van der Waals surface area (Å²) in [6.45, 7) is 0.467. The lowest BCUT2D eigenvalue weighted by Gasteiger charge is -2.16. The zero-order valence-corrected chi connectivity index (χ0v) is 12.5. The summed E-state index contributed by atoms with van der Waals surface area (Å²) in [5.74, 6) is -3.03. The van der Waals surface area contributed by atoms with Crippen LogP contribution in [0.15, 0.2) is 24.3 Å². The number of hydrogen-bond acceptors (Lipinski definition) is 2. The molecule has 0 aromatic heterocycles. The van der Waals surface area contributed by atoms with Crippen LogP contribution in [0, 0.1) is 0 Å². The van der Waals surface area contributed by atoms with Crippen molar-refractivity contribution < 1.29 is 13.6 Å². The highest BCUT2D eigenvalue weighted by Gasteiger charge is 2.40. The molecule has 1 saturated heterocycles. The van der Waals surface area contributed by atoms with E-state index >= 15 is 0 Å². The van der Waals surface area contributed by atoms with Gasteiger partial charge in [-0.1, -0.05) is 12.1 Å². The van der Waals surface area contributed by atoms with Gasteiger partial charge in [0.05, 0.1) is 6.54 Å². The van der Waals surface area contributed by atoms with Crippen molar-refractivity contribution in [2.24, 2.45) is 0 Å². The van der Waals surface area contributed by atoms with Crippen molar-refractivity contribution >= 4 is 18.3 Å². The lowest BCUT2D eigenvalue weighted by Crippen LogP contribution is -2.31. The van der Waals surface area contributed by atoms with Crippen LogP contribution in [0.1, 0.15) is 35.2 Å². The molecule has 0 bridgehead atoms. The molecule has 1 aromatic rings. The second kappa shape index (κ2) is 6.28. The number of amides is 1. The number of likely N-dealkylation sites (tertiary alicyclic amines) is 1. The fourth-order valence-electron chi connectivity index (χ4n) is 2.41. The van der Waals surface area contributed by atoms with Gasteiger partial charge in [-0.05, 0) is 30.5 Å². The van der Waals surface area contributed by atoms with E-state index in [0.717, 1.165) is 12.1 Å². The minimum atomic E-state index is -2.73. The minimum Gasteiger partial charge on any atom is -0.332 e. The zero-order valence-electron chi connectivity index (χ0n) is 11.6. The van der Waals surface area contributed by atoms with Crippen molar-refractivity contribution in [2.75, 3.05) is 13.1 Å². The number of halogens is 3. The van der Waals surface area contributed by atoms with E-state index < -0.39 is 12.5 Å². The van der Waals surface area contributed by atoms with E-state index in [1.807, 2.05) is 12.1 Å². The summed E-state index contributed by atoms with van der Waals surface area (Å²) in [5, 5.41) is 3.39. The van der Waals surface area contributed by atoms with Crippen LogP contribution in [0.3, 0.4) is 0 Å². The molecule has 0 atom stereocenters. The first kappa shape index (κ1) is 16.2. The van der Waals surface area contributed by atoms with Gasteiger partial charge in [0.1, 0.15) is 0 Å². The molecule has 0 unspecified atom stereocenters. The molecule has 6 heteroatoms. The Kier molecular flexibility index (Phi) is 4.84. The monoisotopic (exact) mass is 316 g/mol. The Balaban J connectivity index is 0.00000161. The van der Waals surface area contributed by atoms with Crippen LogP contribution in [-0.2, 0) is 6.54 Å². The van der Waals surface area contributed by atoms with Gasteiger partial charge in [0.2, 0.25) is 0 Å². The Morgan fingerprint density at radius 1 is 1.29 bits per heavy atom. The smallest absolute Gasteiger partial charge is 0.267 e. The first-order valence-electron chi connectivity index (χ1n) is 7.03. The first-order valence-corrected chi connectivity index (χ1v) is 7.03. The highest BCUT2D eigenvalue weighted by molar-refractivity contribution is 5.94. The summed E-state index contributed by atoms with van der Waals surface area (Å²) < 4.78 is 26.2. The van der Waals surface area contributed by atoms with Gasteiger partial charge in [-0.15, -0.1) is 12.4 Å². The van der Waals surface area contributed by atoms with Gasteiger partial charge in [0, 0.05) is 31.1 Å². The van der Waals surface area contributed by atoms with Crippen LogP contribution in [0.25, 0.3) is 0 Å². The summed E-state index contributed by atoms with van der Waals surface area (Å²) in [5.41, 5.74) is 1.60. The molecule has 2 aliphatic rings. The molecule has 3 rings (SSSR count). The quantitative estimate of drug-likeness (QED) is 0.926. The SMILES string of the molecule is Cl.O=C(c1ccc(CNC2CC2)cc1)N1CCC(F)(F)C1. The molecule has 116 valence electrons. The maximum absolute atomic E-state index is 13.1. The Morgan fingerprint density at radius 2 is 1.95 bits per heavy atom. The third kappa shape index (κ3) is 4.14. The lowest BCUT2D eigenvalue weighted by atomic mass is 10.1. The molecule has 3 nitrogen and oxygen atoms in total. The van der Waals surface area contributed by atoms with E-state index in [1.165, 1.54) is 17.7 Å². The van der Waals surface area contributed by atoms with E-state index in [4.69, 9.17) is 0 Å². The predicted molar refractivity (Wildman–Crippen MR) is 79.0 cm³/mol. The molecule has 0 spiro atoms. The molecule has 1 N–H and O–H groups in total. The number of alkyl halides is 2. The minimum absolute atomic E-state index is 0. The van der Waals surface area contributed by atoms with E-state index in [2.05, 4.69) is 5.32 Å². The number of rotatable bonds is 4. The van der Waals surface area contributed by atoms with E-state index in [9.17, 15) is 13.6 Å². The molecule has 1 heterocycles. The fraction of sp³-hybridized carbons (Fsp3) is 0.533. The number of benzene rings is 1. The summed E-state index contributed by atoms with van der Waals surface area (Å²) in [6, 6.07) is 7.86. The second-order valence-corrected chi connectivity index (χ2v) is 5.68. The van der Waals surface area contributed by atoms with Gasteiger partial charge in [0.25, 0.3) is 11.8 Å². The lowest BCUT2D eigenvalue weighted by molar-refractivity contribution is 0.0120. The van der Waals surface area contributed by atoms with Crippen molar-refractivity contribution in [3.05, 3.63) is 35.4 Å². The van der Waals surface area contributed by atoms with Crippen molar-refractivity contribution in [1.82, 2.24) is 10.2 Å². The van der Waals surface area contributed by atoms with Crippen molar-refractivity contribution in [3.8, 4) is 0 Å². The summed E-state index contributed by atoms with van der Waals surface area (Å²) in [7, 11) is 0. The topological polar surface area (TPSA) is 32.3 Å². The standard InChI is InChI=1S/C15H18F2N2O.ClH/c16-15(17)7-8-19(10-15)14(20)12-3-1-11(2-4-12)9-18-13-5-6-13;/h1-4,13,18H,5-10H2;1H. The summed E-state index contributed by atoms with van der Waals surface area (Å²) in [6.07, 6.45) is 2.24. The van der Waals surface area contributed by atoms with Crippen LogP contribution >= 0.6 is 12.4 Å². The number of carbonyl (C=O) groups excluding carboxylic acids is 1. The third-order valence-electron chi connectivity index (χ3n) is 3.83. The first-order chi connectivity index (χ1) is 9.53. The average Bonchev–Trinajstić information content (AvgIpc) is 3.19. The molecule has 0 radical (unpaired) electrons. The van der Waals surface area contributed by atoms with Gasteiger partial charge in [-0.2, -0.15) is 0 Å². The van der Waals surface area contributed by atoms with Crippen molar-refractivity contribution in [3.63, 3.8) is 0 Å². The van der Waals surface area contributed by atoms with Gasteiger partial charge >= 0.3 is 0 Å². The number of nitrogens with one attached hydrogen (secondary N) is 1. The number of hydrogen-bond donors (Lipinski definition) is 1. The largest absolute Gasteiger partial charge is 0.332 e. The second-order valence-electron chi connectivity index (χ2n) is 5.68.